The van der Waals surface area contributed by atoms with Gasteiger partial charge in [-0.3, -0.25) is 9.59 Å². The van der Waals surface area contributed by atoms with E-state index in [-0.39, 0.29) is 31.0 Å². The van der Waals surface area contributed by atoms with Gasteiger partial charge in [-0.15, -0.1) is 0 Å². The van der Waals surface area contributed by atoms with E-state index in [1.165, 1.54) is 4.90 Å². The SMILES string of the molecule is CC[C@H](C)NC(=O)[C@H](CC)N(Cc1ccc(Cl)cc1Cl)C(=O)COc1ccc(C)cc1C. The molecule has 1 N–H and O–H groups in total. The number of hydrogen-bond donors (Lipinski definition) is 1. The quantitative estimate of drug-likeness (QED) is 0.475. The van der Waals surface area contributed by atoms with Crippen LogP contribution in [0.25, 0.3) is 0 Å². The fourth-order valence-electron chi connectivity index (χ4n) is 3.38. The number of amides is 2. The molecule has 174 valence electrons. The van der Waals surface area contributed by atoms with Gasteiger partial charge < -0.3 is 15.0 Å². The molecule has 0 unspecified atom stereocenters. The lowest BCUT2D eigenvalue weighted by Gasteiger charge is -2.31. The Kier molecular flexibility index (Phi) is 9.85. The molecule has 0 aliphatic heterocycles. The second kappa shape index (κ2) is 12.1. The van der Waals surface area contributed by atoms with Crippen LogP contribution in [0.15, 0.2) is 36.4 Å². The number of carbonyl (C=O) groups excluding carboxylic acids is 2. The van der Waals surface area contributed by atoms with E-state index in [0.29, 0.717) is 27.8 Å². The maximum Gasteiger partial charge on any atom is 0.261 e. The Morgan fingerprint density at radius 2 is 1.78 bits per heavy atom. The maximum atomic E-state index is 13.3. The Morgan fingerprint density at radius 3 is 2.38 bits per heavy atom. The molecule has 2 aromatic carbocycles. The van der Waals surface area contributed by atoms with E-state index in [0.717, 1.165) is 17.5 Å². The second-order valence-corrected chi connectivity index (χ2v) is 8.90. The van der Waals surface area contributed by atoms with Crippen molar-refractivity contribution in [3.8, 4) is 5.75 Å². The van der Waals surface area contributed by atoms with Crippen LogP contribution in [0, 0.1) is 13.8 Å². The predicted molar refractivity (Wildman–Crippen MR) is 130 cm³/mol. The van der Waals surface area contributed by atoms with Crippen molar-refractivity contribution in [3.05, 3.63) is 63.1 Å². The summed E-state index contributed by atoms with van der Waals surface area (Å²) in [5, 5.41) is 3.94. The third kappa shape index (κ3) is 7.14. The number of rotatable bonds is 10. The highest BCUT2D eigenvalue weighted by atomic mass is 35.5. The van der Waals surface area contributed by atoms with Crippen molar-refractivity contribution in [3.63, 3.8) is 0 Å². The molecule has 0 saturated heterocycles. The first kappa shape index (κ1) is 26.0. The van der Waals surface area contributed by atoms with Crippen molar-refractivity contribution in [2.24, 2.45) is 0 Å². The minimum atomic E-state index is -0.647. The van der Waals surface area contributed by atoms with Crippen LogP contribution in [0.2, 0.25) is 10.0 Å². The van der Waals surface area contributed by atoms with E-state index in [4.69, 9.17) is 27.9 Å². The van der Waals surface area contributed by atoms with Crippen LogP contribution in [-0.2, 0) is 16.1 Å². The summed E-state index contributed by atoms with van der Waals surface area (Å²) in [6.07, 6.45) is 1.26. The van der Waals surface area contributed by atoms with Gasteiger partial charge in [-0.2, -0.15) is 0 Å². The third-order valence-electron chi connectivity index (χ3n) is 5.42. The molecule has 0 aliphatic rings. The fourth-order valence-corrected chi connectivity index (χ4v) is 3.85. The fraction of sp³-hybridized carbons (Fsp3) is 0.440. The molecular weight excluding hydrogens is 447 g/mol. The van der Waals surface area contributed by atoms with E-state index in [1.807, 2.05) is 52.8 Å². The van der Waals surface area contributed by atoms with Gasteiger partial charge in [0.15, 0.2) is 6.61 Å². The van der Waals surface area contributed by atoms with E-state index in [1.54, 1.807) is 18.2 Å². The lowest BCUT2D eigenvalue weighted by atomic mass is 10.1. The molecule has 0 aliphatic carbocycles. The highest BCUT2D eigenvalue weighted by Crippen LogP contribution is 2.24. The van der Waals surface area contributed by atoms with Gasteiger partial charge in [0.2, 0.25) is 5.91 Å². The zero-order valence-corrected chi connectivity index (χ0v) is 20.9. The molecule has 0 fully saturated rings. The van der Waals surface area contributed by atoms with Crippen LogP contribution in [-0.4, -0.2) is 35.4 Å². The van der Waals surface area contributed by atoms with Gasteiger partial charge in [-0.05, 0) is 62.9 Å². The summed E-state index contributed by atoms with van der Waals surface area (Å²) in [7, 11) is 0. The Morgan fingerprint density at radius 1 is 1.06 bits per heavy atom. The van der Waals surface area contributed by atoms with Gasteiger partial charge in [0.1, 0.15) is 11.8 Å². The highest BCUT2D eigenvalue weighted by Gasteiger charge is 2.30. The van der Waals surface area contributed by atoms with E-state index in [2.05, 4.69) is 5.32 Å². The van der Waals surface area contributed by atoms with Crippen molar-refractivity contribution in [1.29, 1.82) is 0 Å². The van der Waals surface area contributed by atoms with Gasteiger partial charge in [0, 0.05) is 22.6 Å². The molecule has 2 amide bonds. The molecule has 0 heterocycles. The minimum absolute atomic E-state index is 0.0130. The van der Waals surface area contributed by atoms with Crippen LogP contribution < -0.4 is 10.1 Å². The summed E-state index contributed by atoms with van der Waals surface area (Å²) in [6, 6.07) is 10.3. The van der Waals surface area contributed by atoms with Gasteiger partial charge >= 0.3 is 0 Å². The molecule has 5 nitrogen and oxygen atoms in total. The average molecular weight is 479 g/mol. The molecule has 32 heavy (non-hydrogen) atoms. The van der Waals surface area contributed by atoms with E-state index in [9.17, 15) is 9.59 Å². The lowest BCUT2D eigenvalue weighted by Crippen LogP contribution is -2.51. The molecule has 0 spiro atoms. The minimum Gasteiger partial charge on any atom is -0.483 e. The Hall–Kier alpha value is -2.24. The number of halogens is 2. The average Bonchev–Trinajstić information content (AvgIpc) is 2.74. The van der Waals surface area contributed by atoms with E-state index < -0.39 is 6.04 Å². The van der Waals surface area contributed by atoms with Gasteiger partial charge in [-0.25, -0.2) is 0 Å². The Bertz CT molecular complexity index is 949. The normalized spacial score (nSPS) is 12.7. The zero-order chi connectivity index (χ0) is 23.8. The van der Waals surface area contributed by atoms with Crippen LogP contribution in [0.4, 0.5) is 0 Å². The second-order valence-electron chi connectivity index (χ2n) is 8.06. The van der Waals surface area contributed by atoms with E-state index >= 15 is 0 Å². The number of aryl methyl sites for hydroxylation is 2. The van der Waals surface area contributed by atoms with Crippen molar-refractivity contribution >= 4 is 35.0 Å². The van der Waals surface area contributed by atoms with Crippen LogP contribution in [0.5, 0.6) is 5.75 Å². The molecule has 0 bridgehead atoms. The first-order valence-corrected chi connectivity index (χ1v) is 11.7. The Balaban J connectivity index is 2.28. The van der Waals surface area contributed by atoms with Crippen molar-refractivity contribution in [2.75, 3.05) is 6.61 Å². The summed E-state index contributed by atoms with van der Waals surface area (Å²) >= 11 is 12.4. The van der Waals surface area contributed by atoms with Gasteiger partial charge in [-0.1, -0.05) is 60.8 Å². The number of benzene rings is 2. The molecule has 7 heteroatoms. The number of nitrogens with one attached hydrogen (secondary N) is 1. The van der Waals surface area contributed by atoms with Crippen LogP contribution in [0.3, 0.4) is 0 Å². The summed E-state index contributed by atoms with van der Waals surface area (Å²) in [5.41, 5.74) is 2.78. The highest BCUT2D eigenvalue weighted by molar-refractivity contribution is 6.35. The maximum absolute atomic E-state index is 13.3. The summed E-state index contributed by atoms with van der Waals surface area (Å²) < 4.78 is 5.82. The molecule has 2 aromatic rings. The van der Waals surface area contributed by atoms with Crippen molar-refractivity contribution < 1.29 is 14.3 Å². The topological polar surface area (TPSA) is 58.6 Å². The predicted octanol–water partition coefficient (Wildman–Crippen LogP) is 5.71. The third-order valence-corrected chi connectivity index (χ3v) is 6.01. The monoisotopic (exact) mass is 478 g/mol. The first-order chi connectivity index (χ1) is 15.2. The molecule has 0 radical (unpaired) electrons. The van der Waals surface area contributed by atoms with Gasteiger partial charge in [0.25, 0.3) is 5.91 Å². The molecular formula is C25H32Cl2N2O3. The van der Waals surface area contributed by atoms with Crippen LogP contribution in [0.1, 0.15) is 50.3 Å². The summed E-state index contributed by atoms with van der Waals surface area (Å²) in [4.78, 5) is 27.8. The summed E-state index contributed by atoms with van der Waals surface area (Å²) in [5.74, 6) is 0.166. The molecule has 0 saturated carbocycles. The first-order valence-electron chi connectivity index (χ1n) is 10.9. The standard InChI is InChI=1S/C25H32Cl2N2O3/c1-6-18(5)28-25(31)22(7-2)29(14-19-9-10-20(26)13-21(19)27)24(30)15-32-23-11-8-16(3)12-17(23)4/h8-13,18,22H,6-7,14-15H2,1-5H3,(H,28,31)/t18-,22-/m0/s1. The number of ether oxygens (including phenoxy) is 1. The Labute approximate surface area is 201 Å². The number of hydrogen-bond acceptors (Lipinski definition) is 3. The number of carbonyl (C=O) groups is 2. The molecule has 2 atom stereocenters. The smallest absolute Gasteiger partial charge is 0.261 e. The zero-order valence-electron chi connectivity index (χ0n) is 19.4. The largest absolute Gasteiger partial charge is 0.483 e. The lowest BCUT2D eigenvalue weighted by molar-refractivity contribution is -0.143. The van der Waals surface area contributed by atoms with Crippen LogP contribution >= 0.6 is 23.2 Å². The van der Waals surface area contributed by atoms with Crippen molar-refractivity contribution in [1.82, 2.24) is 10.2 Å². The molecule has 0 aromatic heterocycles. The molecule has 2 rings (SSSR count). The summed E-state index contributed by atoms with van der Waals surface area (Å²) in [6.45, 7) is 9.76. The number of nitrogens with zero attached hydrogens (tertiary/aromatic N) is 1. The van der Waals surface area contributed by atoms with Crippen molar-refractivity contribution in [2.45, 2.75) is 66.1 Å². The van der Waals surface area contributed by atoms with Gasteiger partial charge in [0.05, 0.1) is 0 Å².